The first-order chi connectivity index (χ1) is 19.0. The number of benzene rings is 5. The fourth-order valence-electron chi connectivity index (χ4n) is 4.31. The summed E-state index contributed by atoms with van der Waals surface area (Å²) in [4.78, 5) is 12.6. The van der Waals surface area contributed by atoms with Gasteiger partial charge in [-0.3, -0.25) is 4.79 Å². The molecule has 0 aliphatic rings. The van der Waals surface area contributed by atoms with E-state index in [1.54, 1.807) is 24.3 Å². The standard InChI is InChI=1S/C33H27NO4S/c35-33(34-39(36,37)32-13-5-2-6-14-32)20-19-28-18-16-26(24-38-31-11-3-1-4-12-31)23-30(28)22-25-15-17-27-9-7-8-10-29(27)21-25/h1-21,23H,22,24H2,(H,34,35). The van der Waals surface area contributed by atoms with Gasteiger partial charge in [0.25, 0.3) is 15.9 Å². The Morgan fingerprint density at radius 3 is 2.15 bits per heavy atom. The Morgan fingerprint density at radius 2 is 1.38 bits per heavy atom. The topological polar surface area (TPSA) is 72.5 Å². The predicted molar refractivity (Wildman–Crippen MR) is 155 cm³/mol. The van der Waals surface area contributed by atoms with Crippen molar-refractivity contribution in [2.75, 3.05) is 0 Å². The van der Waals surface area contributed by atoms with E-state index in [0.717, 1.165) is 33.4 Å². The molecule has 1 amide bonds. The Balaban J connectivity index is 1.39. The van der Waals surface area contributed by atoms with E-state index in [4.69, 9.17) is 4.74 Å². The molecule has 5 rings (SSSR count). The van der Waals surface area contributed by atoms with Crippen LogP contribution in [0.25, 0.3) is 16.8 Å². The Kier molecular flexibility index (Phi) is 7.85. The van der Waals surface area contributed by atoms with Crippen molar-refractivity contribution in [3.8, 4) is 5.75 Å². The van der Waals surface area contributed by atoms with Crippen LogP contribution >= 0.6 is 0 Å². The summed E-state index contributed by atoms with van der Waals surface area (Å²) < 4.78 is 33.1. The number of sulfonamides is 1. The Labute approximate surface area is 228 Å². The van der Waals surface area contributed by atoms with Crippen molar-refractivity contribution in [2.24, 2.45) is 0 Å². The Morgan fingerprint density at radius 1 is 0.718 bits per heavy atom. The predicted octanol–water partition coefficient (Wildman–Crippen LogP) is 6.53. The van der Waals surface area contributed by atoms with Crippen LogP contribution in [0, 0.1) is 0 Å². The molecule has 0 bridgehead atoms. The third-order valence-corrected chi connectivity index (χ3v) is 7.63. The van der Waals surface area contributed by atoms with Crippen molar-refractivity contribution in [3.05, 3.63) is 150 Å². The highest BCUT2D eigenvalue weighted by Crippen LogP contribution is 2.23. The number of ether oxygens (including phenoxy) is 1. The fraction of sp³-hybridized carbons (Fsp3) is 0.0606. The minimum Gasteiger partial charge on any atom is -0.489 e. The SMILES string of the molecule is O=C(C=Cc1ccc(COc2ccccc2)cc1Cc1ccc2ccccc2c1)NS(=O)(=O)c1ccccc1. The molecule has 0 saturated heterocycles. The molecule has 0 spiro atoms. The highest BCUT2D eigenvalue weighted by molar-refractivity contribution is 7.90. The lowest BCUT2D eigenvalue weighted by atomic mass is 9.96. The molecule has 0 aliphatic carbocycles. The monoisotopic (exact) mass is 533 g/mol. The molecule has 5 aromatic rings. The first-order valence-corrected chi connectivity index (χ1v) is 14.0. The van der Waals surface area contributed by atoms with Gasteiger partial charge >= 0.3 is 0 Å². The number of fused-ring (bicyclic) bond motifs is 1. The number of rotatable bonds is 9. The summed E-state index contributed by atoms with van der Waals surface area (Å²) in [7, 11) is -3.95. The van der Waals surface area contributed by atoms with Gasteiger partial charge in [0.15, 0.2) is 0 Å². The van der Waals surface area contributed by atoms with E-state index in [9.17, 15) is 13.2 Å². The molecule has 0 aromatic heterocycles. The van der Waals surface area contributed by atoms with Crippen molar-refractivity contribution in [3.63, 3.8) is 0 Å². The Hall–Kier alpha value is -4.68. The van der Waals surface area contributed by atoms with Gasteiger partial charge in [-0.2, -0.15) is 0 Å². The highest BCUT2D eigenvalue weighted by atomic mass is 32.2. The highest BCUT2D eigenvalue weighted by Gasteiger charge is 2.15. The number of amides is 1. The summed E-state index contributed by atoms with van der Waals surface area (Å²) in [5.41, 5.74) is 3.93. The maximum atomic E-state index is 12.6. The fourth-order valence-corrected chi connectivity index (χ4v) is 5.27. The number of hydrogen-bond donors (Lipinski definition) is 1. The van der Waals surface area contributed by atoms with Gasteiger partial charge < -0.3 is 4.74 Å². The molecular weight excluding hydrogens is 506 g/mol. The van der Waals surface area contributed by atoms with Crippen molar-refractivity contribution in [2.45, 2.75) is 17.9 Å². The normalized spacial score (nSPS) is 11.5. The van der Waals surface area contributed by atoms with E-state index in [-0.39, 0.29) is 4.90 Å². The molecule has 5 nitrogen and oxygen atoms in total. The smallest absolute Gasteiger partial charge is 0.264 e. The Bertz CT molecular complexity index is 1730. The van der Waals surface area contributed by atoms with Gasteiger partial charge in [0.1, 0.15) is 12.4 Å². The van der Waals surface area contributed by atoms with E-state index in [2.05, 4.69) is 41.1 Å². The van der Waals surface area contributed by atoms with Crippen molar-refractivity contribution in [1.29, 1.82) is 0 Å². The average Bonchev–Trinajstić information content (AvgIpc) is 2.96. The van der Waals surface area contributed by atoms with E-state index in [1.807, 2.05) is 54.6 Å². The lowest BCUT2D eigenvalue weighted by molar-refractivity contribution is -0.114. The van der Waals surface area contributed by atoms with E-state index >= 15 is 0 Å². The number of nitrogens with one attached hydrogen (secondary N) is 1. The molecule has 0 radical (unpaired) electrons. The molecule has 0 fully saturated rings. The van der Waals surface area contributed by atoms with Crippen LogP contribution in [0.1, 0.15) is 22.3 Å². The third kappa shape index (κ3) is 6.80. The van der Waals surface area contributed by atoms with Crippen LogP contribution in [0.4, 0.5) is 0 Å². The summed E-state index contributed by atoms with van der Waals surface area (Å²) in [5, 5.41) is 2.32. The molecular formula is C33H27NO4S. The first-order valence-electron chi connectivity index (χ1n) is 12.5. The zero-order chi connectivity index (χ0) is 27.1. The van der Waals surface area contributed by atoms with Gasteiger partial charge in [-0.15, -0.1) is 0 Å². The molecule has 0 aliphatic heterocycles. The van der Waals surface area contributed by atoms with Crippen LogP contribution in [-0.2, 0) is 27.8 Å². The van der Waals surface area contributed by atoms with Gasteiger partial charge in [0.2, 0.25) is 0 Å². The second-order valence-corrected chi connectivity index (χ2v) is 10.8. The molecule has 0 unspecified atom stereocenters. The summed E-state index contributed by atoms with van der Waals surface area (Å²) in [6.45, 7) is 0.397. The number of para-hydroxylation sites is 1. The summed E-state index contributed by atoms with van der Waals surface area (Å²) >= 11 is 0. The first kappa shape index (κ1) is 25.9. The van der Waals surface area contributed by atoms with Crippen LogP contribution in [0.3, 0.4) is 0 Å². The van der Waals surface area contributed by atoms with Crippen molar-refractivity contribution >= 4 is 32.8 Å². The maximum absolute atomic E-state index is 12.6. The van der Waals surface area contributed by atoms with Crippen LogP contribution in [0.5, 0.6) is 5.75 Å². The molecule has 0 heterocycles. The second kappa shape index (κ2) is 11.8. The molecule has 0 saturated carbocycles. The molecule has 194 valence electrons. The molecule has 5 aromatic carbocycles. The average molecular weight is 534 g/mol. The van der Waals surface area contributed by atoms with Crippen LogP contribution in [0.15, 0.2) is 132 Å². The number of hydrogen-bond acceptors (Lipinski definition) is 4. The lowest BCUT2D eigenvalue weighted by Crippen LogP contribution is -2.28. The van der Waals surface area contributed by atoms with Gasteiger partial charge in [0.05, 0.1) is 4.90 Å². The molecule has 39 heavy (non-hydrogen) atoms. The van der Waals surface area contributed by atoms with E-state index in [1.165, 1.54) is 23.6 Å². The van der Waals surface area contributed by atoms with Gasteiger partial charge in [-0.25, -0.2) is 13.1 Å². The summed E-state index contributed by atoms with van der Waals surface area (Å²) in [6, 6.07) is 37.9. The lowest BCUT2D eigenvalue weighted by Gasteiger charge is -2.12. The van der Waals surface area contributed by atoms with E-state index < -0.39 is 15.9 Å². The van der Waals surface area contributed by atoms with Crippen molar-refractivity contribution < 1.29 is 17.9 Å². The third-order valence-electron chi connectivity index (χ3n) is 6.27. The minimum absolute atomic E-state index is 0.0338. The molecule has 0 atom stereocenters. The van der Waals surface area contributed by atoms with Crippen molar-refractivity contribution in [1.82, 2.24) is 4.72 Å². The summed E-state index contributed by atoms with van der Waals surface area (Å²) in [5.74, 6) is 0.0702. The molecule has 1 N–H and O–H groups in total. The van der Waals surface area contributed by atoms with E-state index in [0.29, 0.717) is 13.0 Å². The molecule has 6 heteroatoms. The zero-order valence-electron chi connectivity index (χ0n) is 21.2. The van der Waals surface area contributed by atoms with Gasteiger partial charge in [-0.05, 0) is 69.8 Å². The number of carbonyl (C=O) groups is 1. The quantitative estimate of drug-likeness (QED) is 0.219. The largest absolute Gasteiger partial charge is 0.489 e. The van der Waals surface area contributed by atoms with Crippen LogP contribution in [-0.4, -0.2) is 14.3 Å². The zero-order valence-corrected chi connectivity index (χ0v) is 22.0. The van der Waals surface area contributed by atoms with Gasteiger partial charge in [0, 0.05) is 6.08 Å². The second-order valence-electron chi connectivity index (χ2n) is 9.11. The summed E-state index contributed by atoms with van der Waals surface area (Å²) in [6.07, 6.45) is 3.53. The van der Waals surface area contributed by atoms with Gasteiger partial charge in [-0.1, -0.05) is 97.1 Å². The maximum Gasteiger partial charge on any atom is 0.264 e. The number of carbonyl (C=O) groups excluding carboxylic acids is 1. The van der Waals surface area contributed by atoms with Crippen LogP contribution in [0.2, 0.25) is 0 Å². The van der Waals surface area contributed by atoms with Crippen LogP contribution < -0.4 is 9.46 Å². The minimum atomic E-state index is -3.95.